The van der Waals surface area contributed by atoms with Crippen molar-refractivity contribution in [3.05, 3.63) is 56.5 Å². The minimum Gasteiger partial charge on any atom is -0.482 e. The first-order valence-electron chi connectivity index (χ1n) is 7.06. The molecule has 0 saturated carbocycles. The second-order valence-corrected chi connectivity index (χ2v) is 6.77. The van der Waals surface area contributed by atoms with Gasteiger partial charge in [0, 0.05) is 26.9 Å². The third-order valence-electron chi connectivity index (χ3n) is 4.14. The zero-order valence-electron chi connectivity index (χ0n) is 11.9. The van der Waals surface area contributed by atoms with Crippen LogP contribution in [0.2, 0.25) is 15.1 Å². The Balaban J connectivity index is 1.91. The highest BCUT2D eigenvalue weighted by Crippen LogP contribution is 2.53. The van der Waals surface area contributed by atoms with E-state index in [0.717, 1.165) is 11.1 Å². The van der Waals surface area contributed by atoms with Crippen LogP contribution in [0.25, 0.3) is 0 Å². The van der Waals surface area contributed by atoms with E-state index in [1.807, 2.05) is 12.1 Å². The quantitative estimate of drug-likeness (QED) is 0.676. The van der Waals surface area contributed by atoms with E-state index in [2.05, 4.69) is 5.32 Å². The van der Waals surface area contributed by atoms with Crippen molar-refractivity contribution >= 4 is 46.6 Å². The van der Waals surface area contributed by atoms with Crippen molar-refractivity contribution in [2.75, 3.05) is 5.32 Å². The number of hydrogen-bond acceptors (Lipinski definition) is 4. The molecular formula is C16H10Cl3NO4. The first-order valence-corrected chi connectivity index (χ1v) is 8.19. The zero-order valence-corrected chi connectivity index (χ0v) is 14.2. The summed E-state index contributed by atoms with van der Waals surface area (Å²) in [6.45, 7) is 0. The Hall–Kier alpha value is -1.82. The lowest BCUT2D eigenvalue weighted by molar-refractivity contribution is 0.00577. The topological polar surface area (TPSA) is 67.8 Å². The van der Waals surface area contributed by atoms with Crippen LogP contribution in [0.15, 0.2) is 30.3 Å². The molecule has 0 spiro atoms. The maximum atomic E-state index is 11.0. The SMILES string of the molecule is O=C(O)OC1Nc2cc(Cl)cc(Cl)c2C2c3cccc(Cl)c3OC12. The van der Waals surface area contributed by atoms with Crippen molar-refractivity contribution < 1.29 is 19.4 Å². The summed E-state index contributed by atoms with van der Waals surface area (Å²) in [5.74, 6) is 0.192. The molecule has 0 bridgehead atoms. The van der Waals surface area contributed by atoms with Crippen LogP contribution in [0.1, 0.15) is 17.0 Å². The monoisotopic (exact) mass is 385 g/mol. The minimum atomic E-state index is -1.41. The van der Waals surface area contributed by atoms with Gasteiger partial charge in [0.1, 0.15) is 5.75 Å². The fraction of sp³-hybridized carbons (Fsp3) is 0.188. The average molecular weight is 387 g/mol. The molecule has 2 aromatic carbocycles. The van der Waals surface area contributed by atoms with E-state index in [1.54, 1.807) is 18.2 Å². The number of fused-ring (bicyclic) bond motifs is 5. The molecule has 0 fully saturated rings. The van der Waals surface area contributed by atoms with E-state index < -0.39 is 18.5 Å². The summed E-state index contributed by atoms with van der Waals surface area (Å²) < 4.78 is 10.9. The molecule has 0 amide bonds. The van der Waals surface area contributed by atoms with E-state index in [4.69, 9.17) is 49.4 Å². The summed E-state index contributed by atoms with van der Waals surface area (Å²) in [5.41, 5.74) is 2.22. The van der Waals surface area contributed by atoms with Crippen LogP contribution in [0.5, 0.6) is 5.75 Å². The van der Waals surface area contributed by atoms with Gasteiger partial charge in [-0.15, -0.1) is 0 Å². The Kier molecular flexibility index (Phi) is 3.67. The molecule has 2 aliphatic heterocycles. The van der Waals surface area contributed by atoms with Gasteiger partial charge < -0.3 is 19.9 Å². The highest BCUT2D eigenvalue weighted by molar-refractivity contribution is 6.36. The van der Waals surface area contributed by atoms with E-state index in [1.165, 1.54) is 0 Å². The molecule has 124 valence electrons. The molecule has 0 saturated heterocycles. The molecular weight excluding hydrogens is 377 g/mol. The molecule has 2 N–H and O–H groups in total. The summed E-state index contributed by atoms with van der Waals surface area (Å²) in [7, 11) is 0. The number of carboxylic acid groups (broad SMARTS) is 1. The van der Waals surface area contributed by atoms with Crippen molar-refractivity contribution in [3.8, 4) is 5.75 Å². The number of ether oxygens (including phenoxy) is 2. The lowest BCUT2D eigenvalue weighted by atomic mass is 9.83. The normalized spacial score (nSPS) is 23.4. The lowest BCUT2D eigenvalue weighted by Gasteiger charge is -2.35. The maximum absolute atomic E-state index is 11.0. The van der Waals surface area contributed by atoms with Crippen LogP contribution in [-0.2, 0) is 4.74 Å². The van der Waals surface area contributed by atoms with Gasteiger partial charge in [-0.3, -0.25) is 0 Å². The zero-order chi connectivity index (χ0) is 17.0. The number of halogens is 3. The summed E-state index contributed by atoms with van der Waals surface area (Å²) in [5, 5.41) is 13.4. The predicted octanol–water partition coefficient (Wildman–Crippen LogP) is 4.99. The molecule has 3 unspecified atom stereocenters. The smallest absolute Gasteiger partial charge is 0.482 e. The van der Waals surface area contributed by atoms with Gasteiger partial charge in [0.2, 0.25) is 6.23 Å². The standard InChI is InChI=1S/C16H10Cl3NO4/c17-6-4-9(19)12-10(5-6)20-15(24-16(21)22)14-11(12)7-2-1-3-8(18)13(7)23-14/h1-5,11,14-15,20H,(H,21,22). The third kappa shape index (κ3) is 2.35. The lowest BCUT2D eigenvalue weighted by Crippen LogP contribution is -2.46. The third-order valence-corrected chi connectivity index (χ3v) is 4.97. The summed E-state index contributed by atoms with van der Waals surface area (Å²) in [4.78, 5) is 11.0. The van der Waals surface area contributed by atoms with E-state index in [9.17, 15) is 4.79 Å². The van der Waals surface area contributed by atoms with Crippen molar-refractivity contribution in [2.24, 2.45) is 0 Å². The second kappa shape index (κ2) is 5.62. The van der Waals surface area contributed by atoms with Crippen LogP contribution < -0.4 is 10.1 Å². The molecule has 4 rings (SSSR count). The Bertz CT molecular complexity index is 857. The van der Waals surface area contributed by atoms with Gasteiger partial charge >= 0.3 is 6.16 Å². The molecule has 2 heterocycles. The van der Waals surface area contributed by atoms with Crippen LogP contribution in [-0.4, -0.2) is 23.6 Å². The van der Waals surface area contributed by atoms with Gasteiger partial charge in [-0.1, -0.05) is 46.9 Å². The number of carbonyl (C=O) groups is 1. The Labute approximate surface area is 152 Å². The average Bonchev–Trinajstić information content (AvgIpc) is 2.87. The number of rotatable bonds is 1. The molecule has 5 nitrogen and oxygen atoms in total. The Morgan fingerprint density at radius 2 is 2.00 bits per heavy atom. The largest absolute Gasteiger partial charge is 0.507 e. The van der Waals surface area contributed by atoms with Gasteiger partial charge in [0.25, 0.3) is 0 Å². The van der Waals surface area contributed by atoms with E-state index >= 15 is 0 Å². The summed E-state index contributed by atoms with van der Waals surface area (Å²) in [6, 6.07) is 8.72. The summed E-state index contributed by atoms with van der Waals surface area (Å²) >= 11 is 18.7. The van der Waals surface area contributed by atoms with Crippen molar-refractivity contribution in [1.29, 1.82) is 0 Å². The molecule has 0 aromatic heterocycles. The van der Waals surface area contributed by atoms with Gasteiger partial charge in [-0.25, -0.2) is 4.79 Å². The molecule has 3 atom stereocenters. The first kappa shape index (κ1) is 15.7. The number of hydrogen-bond donors (Lipinski definition) is 2. The van der Waals surface area contributed by atoms with Gasteiger partial charge in [-0.05, 0) is 18.2 Å². The highest BCUT2D eigenvalue weighted by Gasteiger charge is 2.48. The van der Waals surface area contributed by atoms with Crippen molar-refractivity contribution in [2.45, 2.75) is 18.2 Å². The first-order chi connectivity index (χ1) is 11.5. The number of benzene rings is 2. The molecule has 0 radical (unpaired) electrons. The van der Waals surface area contributed by atoms with Crippen LogP contribution in [0.3, 0.4) is 0 Å². The predicted molar refractivity (Wildman–Crippen MR) is 90.7 cm³/mol. The van der Waals surface area contributed by atoms with Crippen molar-refractivity contribution in [1.82, 2.24) is 0 Å². The van der Waals surface area contributed by atoms with Crippen LogP contribution in [0, 0.1) is 0 Å². The fourth-order valence-electron chi connectivity index (χ4n) is 3.29. The second-order valence-electron chi connectivity index (χ2n) is 5.52. The van der Waals surface area contributed by atoms with Gasteiger partial charge in [0.05, 0.1) is 10.9 Å². The molecule has 2 aromatic rings. The number of anilines is 1. The minimum absolute atomic E-state index is 0.316. The molecule has 24 heavy (non-hydrogen) atoms. The van der Waals surface area contributed by atoms with Gasteiger partial charge in [-0.2, -0.15) is 0 Å². The molecule has 0 aliphatic carbocycles. The van der Waals surface area contributed by atoms with E-state index in [0.29, 0.717) is 26.5 Å². The molecule has 8 heteroatoms. The van der Waals surface area contributed by atoms with Crippen molar-refractivity contribution in [3.63, 3.8) is 0 Å². The number of nitrogens with one attached hydrogen (secondary N) is 1. The maximum Gasteiger partial charge on any atom is 0.507 e. The Morgan fingerprint density at radius 1 is 1.21 bits per heavy atom. The highest BCUT2D eigenvalue weighted by atomic mass is 35.5. The Morgan fingerprint density at radius 3 is 2.75 bits per heavy atom. The number of para-hydroxylation sites is 1. The fourth-order valence-corrected chi connectivity index (χ4v) is 4.13. The molecule has 2 aliphatic rings. The van der Waals surface area contributed by atoms with Gasteiger partial charge in [0.15, 0.2) is 6.10 Å². The van der Waals surface area contributed by atoms with Crippen LogP contribution in [0.4, 0.5) is 10.5 Å². The summed E-state index contributed by atoms with van der Waals surface area (Å²) in [6.07, 6.45) is -2.95. The van der Waals surface area contributed by atoms with E-state index in [-0.39, 0.29) is 5.92 Å². The van der Waals surface area contributed by atoms with Crippen LogP contribution >= 0.6 is 34.8 Å².